The van der Waals surface area contributed by atoms with E-state index >= 15 is 0 Å². The number of carbonyl (C=O) groups is 3. The highest BCUT2D eigenvalue weighted by Crippen LogP contribution is 2.09. The molecule has 2 unspecified atom stereocenters. The van der Waals surface area contributed by atoms with E-state index in [9.17, 15) is 14.4 Å². The van der Waals surface area contributed by atoms with Gasteiger partial charge in [-0.1, -0.05) is 6.92 Å². The minimum absolute atomic E-state index is 0.0199. The Balaban J connectivity index is 4.14. The third-order valence-electron chi connectivity index (χ3n) is 3.02. The second kappa shape index (κ2) is 10.2. The van der Waals surface area contributed by atoms with Crippen LogP contribution < -0.4 is 11.1 Å². The molecule has 0 saturated heterocycles. The number of amides is 1. The van der Waals surface area contributed by atoms with Gasteiger partial charge in [0.15, 0.2) is 0 Å². The molecule has 20 heavy (non-hydrogen) atoms. The highest BCUT2D eigenvalue weighted by molar-refractivity contribution is 5.84. The maximum absolute atomic E-state index is 11.7. The van der Waals surface area contributed by atoms with Crippen LogP contribution in [0.3, 0.4) is 0 Å². The molecule has 0 aromatic heterocycles. The molecule has 0 aliphatic heterocycles. The number of nitrogens with two attached hydrogens (primary N) is 1. The second-order valence-corrected chi connectivity index (χ2v) is 4.79. The summed E-state index contributed by atoms with van der Waals surface area (Å²) in [6.45, 7) is 2.56. The Morgan fingerprint density at radius 2 is 1.85 bits per heavy atom. The molecule has 0 spiro atoms. The molecule has 0 heterocycles. The molecule has 0 fully saturated rings. The molecule has 4 N–H and O–H groups in total. The number of carboxylic acid groups (broad SMARTS) is 1. The number of hydrogen-bond acceptors (Lipinski definition) is 5. The van der Waals surface area contributed by atoms with Gasteiger partial charge in [0.2, 0.25) is 5.91 Å². The summed E-state index contributed by atoms with van der Waals surface area (Å²) in [5.74, 6) is -1.66. The largest absolute Gasteiger partial charge is 0.480 e. The summed E-state index contributed by atoms with van der Waals surface area (Å²) in [4.78, 5) is 33.6. The Labute approximate surface area is 118 Å². The number of hydrogen-bond donors (Lipinski definition) is 3. The van der Waals surface area contributed by atoms with Crippen molar-refractivity contribution in [1.82, 2.24) is 5.32 Å². The van der Waals surface area contributed by atoms with E-state index in [4.69, 9.17) is 10.8 Å². The Morgan fingerprint density at radius 3 is 2.35 bits per heavy atom. The monoisotopic (exact) mass is 288 g/mol. The van der Waals surface area contributed by atoms with Gasteiger partial charge in [0.25, 0.3) is 0 Å². The van der Waals surface area contributed by atoms with Crippen LogP contribution in [-0.4, -0.2) is 42.6 Å². The lowest BCUT2D eigenvalue weighted by molar-refractivity contribution is -0.144. The zero-order valence-corrected chi connectivity index (χ0v) is 12.1. The van der Waals surface area contributed by atoms with Crippen molar-refractivity contribution in [3.05, 3.63) is 0 Å². The number of aliphatic carboxylic acids is 1. The van der Waals surface area contributed by atoms with Crippen LogP contribution in [0.1, 0.15) is 39.0 Å². The molecule has 7 nitrogen and oxygen atoms in total. The van der Waals surface area contributed by atoms with E-state index in [1.165, 1.54) is 7.11 Å². The van der Waals surface area contributed by atoms with Crippen LogP contribution in [0.2, 0.25) is 0 Å². The average molecular weight is 288 g/mol. The number of ether oxygens (including phenoxy) is 1. The number of nitrogens with one attached hydrogen (secondary N) is 1. The van der Waals surface area contributed by atoms with E-state index in [0.29, 0.717) is 18.9 Å². The van der Waals surface area contributed by atoms with Gasteiger partial charge in [-0.3, -0.25) is 9.59 Å². The van der Waals surface area contributed by atoms with Crippen LogP contribution in [0.4, 0.5) is 0 Å². The summed E-state index contributed by atoms with van der Waals surface area (Å²) in [6, 6.07) is -1.06. The first kappa shape index (κ1) is 18.4. The van der Waals surface area contributed by atoms with Gasteiger partial charge in [-0.15, -0.1) is 0 Å². The Morgan fingerprint density at radius 1 is 1.20 bits per heavy atom. The van der Waals surface area contributed by atoms with E-state index in [0.717, 1.165) is 6.42 Å². The zero-order valence-electron chi connectivity index (χ0n) is 12.1. The topological polar surface area (TPSA) is 119 Å². The quantitative estimate of drug-likeness (QED) is 0.497. The smallest absolute Gasteiger partial charge is 0.326 e. The summed E-state index contributed by atoms with van der Waals surface area (Å²) in [7, 11) is 1.23. The number of rotatable bonds is 10. The summed E-state index contributed by atoms with van der Waals surface area (Å²) in [5, 5.41) is 11.4. The SMILES string of the molecule is COC(=O)CCC(NC(=O)CCC(C)CCN)C(=O)O. The van der Waals surface area contributed by atoms with Crippen molar-refractivity contribution in [2.24, 2.45) is 11.7 Å². The van der Waals surface area contributed by atoms with Crippen LogP contribution in [-0.2, 0) is 19.1 Å². The first-order valence-corrected chi connectivity index (χ1v) is 6.69. The normalized spacial score (nSPS) is 13.3. The van der Waals surface area contributed by atoms with Crippen molar-refractivity contribution in [1.29, 1.82) is 0 Å². The minimum atomic E-state index is -1.16. The summed E-state index contributed by atoms with van der Waals surface area (Å²) >= 11 is 0. The molecule has 0 saturated carbocycles. The molecule has 0 aromatic rings. The zero-order chi connectivity index (χ0) is 15.5. The molecular formula is C13H24N2O5. The van der Waals surface area contributed by atoms with Crippen LogP contribution in [0.15, 0.2) is 0 Å². The average Bonchev–Trinajstić information content (AvgIpc) is 2.40. The first-order valence-electron chi connectivity index (χ1n) is 6.69. The predicted molar refractivity (Wildman–Crippen MR) is 72.9 cm³/mol. The van der Waals surface area contributed by atoms with E-state index in [1.54, 1.807) is 0 Å². The van der Waals surface area contributed by atoms with Gasteiger partial charge in [-0.25, -0.2) is 4.79 Å². The van der Waals surface area contributed by atoms with E-state index in [2.05, 4.69) is 10.1 Å². The summed E-state index contributed by atoms with van der Waals surface area (Å²) < 4.78 is 4.43. The van der Waals surface area contributed by atoms with Crippen LogP contribution in [0.25, 0.3) is 0 Å². The van der Waals surface area contributed by atoms with Crippen LogP contribution in [0, 0.1) is 5.92 Å². The van der Waals surface area contributed by atoms with Gasteiger partial charge in [0.05, 0.1) is 7.11 Å². The van der Waals surface area contributed by atoms with Crippen molar-refractivity contribution in [2.75, 3.05) is 13.7 Å². The van der Waals surface area contributed by atoms with Crippen LogP contribution >= 0.6 is 0 Å². The minimum Gasteiger partial charge on any atom is -0.480 e. The van der Waals surface area contributed by atoms with Gasteiger partial charge >= 0.3 is 11.9 Å². The molecule has 2 atom stereocenters. The fourth-order valence-corrected chi connectivity index (χ4v) is 1.69. The van der Waals surface area contributed by atoms with E-state index in [-0.39, 0.29) is 25.2 Å². The first-order chi connectivity index (χ1) is 9.40. The Kier molecular flexibility index (Phi) is 9.36. The molecule has 7 heteroatoms. The van der Waals surface area contributed by atoms with Crippen molar-refractivity contribution < 1.29 is 24.2 Å². The van der Waals surface area contributed by atoms with E-state index in [1.807, 2.05) is 6.92 Å². The fourth-order valence-electron chi connectivity index (χ4n) is 1.69. The number of methoxy groups -OCH3 is 1. The molecule has 0 aliphatic carbocycles. The standard InChI is InChI=1S/C13H24N2O5/c1-9(7-8-14)3-5-11(16)15-10(13(18)19)4-6-12(17)20-2/h9-10H,3-8,14H2,1-2H3,(H,15,16)(H,18,19). The second-order valence-electron chi connectivity index (χ2n) is 4.79. The number of carbonyl (C=O) groups excluding carboxylic acids is 2. The lowest BCUT2D eigenvalue weighted by Gasteiger charge is -2.15. The lowest BCUT2D eigenvalue weighted by atomic mass is 10.0. The van der Waals surface area contributed by atoms with Gasteiger partial charge < -0.3 is 20.9 Å². The molecule has 0 bridgehead atoms. The molecular weight excluding hydrogens is 264 g/mol. The van der Waals surface area contributed by atoms with E-state index < -0.39 is 18.0 Å². The highest BCUT2D eigenvalue weighted by Gasteiger charge is 2.21. The van der Waals surface area contributed by atoms with Crippen molar-refractivity contribution in [2.45, 2.75) is 45.1 Å². The maximum atomic E-state index is 11.7. The lowest BCUT2D eigenvalue weighted by Crippen LogP contribution is -2.41. The van der Waals surface area contributed by atoms with Crippen molar-refractivity contribution >= 4 is 17.8 Å². The highest BCUT2D eigenvalue weighted by atomic mass is 16.5. The van der Waals surface area contributed by atoms with Crippen LogP contribution in [0.5, 0.6) is 0 Å². The molecule has 1 amide bonds. The van der Waals surface area contributed by atoms with Gasteiger partial charge in [0.1, 0.15) is 6.04 Å². The summed E-state index contributed by atoms with van der Waals surface area (Å²) in [5.41, 5.74) is 5.42. The molecule has 0 aliphatic rings. The summed E-state index contributed by atoms with van der Waals surface area (Å²) in [6.07, 6.45) is 1.72. The maximum Gasteiger partial charge on any atom is 0.326 e. The molecule has 116 valence electrons. The molecule has 0 rings (SSSR count). The molecule has 0 aromatic carbocycles. The Bertz CT molecular complexity index is 333. The van der Waals surface area contributed by atoms with Crippen molar-refractivity contribution in [3.8, 4) is 0 Å². The van der Waals surface area contributed by atoms with Crippen molar-refractivity contribution in [3.63, 3.8) is 0 Å². The third-order valence-corrected chi connectivity index (χ3v) is 3.02. The van der Waals surface area contributed by atoms with Gasteiger partial charge in [-0.05, 0) is 31.7 Å². The Hall–Kier alpha value is -1.63. The van der Waals surface area contributed by atoms with Gasteiger partial charge in [0, 0.05) is 12.8 Å². The molecule has 0 radical (unpaired) electrons. The number of esters is 1. The number of carboxylic acids is 1. The predicted octanol–water partition coefficient (Wildman–Crippen LogP) is 0.274. The van der Waals surface area contributed by atoms with Gasteiger partial charge in [-0.2, -0.15) is 0 Å². The fraction of sp³-hybridized carbons (Fsp3) is 0.769. The third kappa shape index (κ3) is 8.47.